The minimum atomic E-state index is -0.514. The van der Waals surface area contributed by atoms with E-state index >= 15 is 0 Å². The SMILES string of the molecule is O=C1CC(Br)(Br)CC(=O)N1. The number of carbonyl (C=O) groups excluding carboxylic acids is 2. The van der Waals surface area contributed by atoms with Crippen LogP contribution < -0.4 is 5.32 Å². The second-order valence-corrected chi connectivity index (χ2v) is 6.28. The Morgan fingerprint density at radius 2 is 1.60 bits per heavy atom. The standard InChI is InChI=1S/C5H5Br2NO2/c6-5(7)1-3(9)8-4(10)2-5/h1-2H2,(H,8,9,10). The molecule has 0 aromatic rings. The van der Waals surface area contributed by atoms with Gasteiger partial charge in [-0.1, -0.05) is 31.9 Å². The van der Waals surface area contributed by atoms with Gasteiger partial charge in [0.2, 0.25) is 11.8 Å². The van der Waals surface area contributed by atoms with Crippen LogP contribution in [0.4, 0.5) is 0 Å². The maximum atomic E-state index is 10.7. The van der Waals surface area contributed by atoms with Crippen molar-refractivity contribution in [2.45, 2.75) is 16.1 Å². The molecule has 1 N–H and O–H groups in total. The molecule has 0 spiro atoms. The maximum absolute atomic E-state index is 10.7. The number of imide groups is 1. The molecule has 0 saturated carbocycles. The molecule has 0 bridgehead atoms. The lowest BCUT2D eigenvalue weighted by molar-refractivity contribution is -0.132. The van der Waals surface area contributed by atoms with Crippen molar-refractivity contribution in [3.05, 3.63) is 0 Å². The number of halogens is 2. The number of hydrogen-bond donors (Lipinski definition) is 1. The van der Waals surface area contributed by atoms with E-state index in [1.165, 1.54) is 0 Å². The Labute approximate surface area is 74.8 Å². The van der Waals surface area contributed by atoms with E-state index in [1.807, 2.05) is 0 Å². The minimum absolute atomic E-state index is 0.245. The zero-order valence-corrected chi connectivity index (χ0v) is 8.16. The smallest absolute Gasteiger partial charge is 0.228 e. The van der Waals surface area contributed by atoms with Crippen molar-refractivity contribution in [3.8, 4) is 0 Å². The number of alkyl halides is 2. The third kappa shape index (κ3) is 2.05. The summed E-state index contributed by atoms with van der Waals surface area (Å²) in [6.45, 7) is 0. The topological polar surface area (TPSA) is 46.2 Å². The number of carbonyl (C=O) groups is 2. The van der Waals surface area contributed by atoms with Crippen molar-refractivity contribution < 1.29 is 9.59 Å². The molecule has 0 aromatic carbocycles. The predicted molar refractivity (Wildman–Crippen MR) is 43.0 cm³/mol. The summed E-state index contributed by atoms with van der Waals surface area (Å²) in [6.07, 6.45) is 0.581. The zero-order valence-electron chi connectivity index (χ0n) is 4.99. The van der Waals surface area contributed by atoms with Gasteiger partial charge < -0.3 is 0 Å². The molecule has 0 unspecified atom stereocenters. The summed E-state index contributed by atoms with van der Waals surface area (Å²) in [7, 11) is 0. The highest BCUT2D eigenvalue weighted by Crippen LogP contribution is 2.35. The lowest BCUT2D eigenvalue weighted by Crippen LogP contribution is -2.42. The molecular formula is C5H5Br2NO2. The number of piperidine rings is 1. The van der Waals surface area contributed by atoms with Gasteiger partial charge in [0.25, 0.3) is 0 Å². The summed E-state index contributed by atoms with van der Waals surface area (Å²) in [5, 5.41) is 2.20. The van der Waals surface area contributed by atoms with Crippen LogP contribution in [0.3, 0.4) is 0 Å². The first kappa shape index (κ1) is 8.20. The summed E-state index contributed by atoms with van der Waals surface area (Å²) in [4.78, 5) is 21.4. The molecule has 1 aliphatic rings. The average molecular weight is 271 g/mol. The van der Waals surface area contributed by atoms with Gasteiger partial charge in [-0.2, -0.15) is 0 Å². The minimum Gasteiger partial charge on any atom is -0.296 e. The third-order valence-corrected chi connectivity index (χ3v) is 2.24. The summed E-state index contributed by atoms with van der Waals surface area (Å²) >= 11 is 6.42. The first-order valence-electron chi connectivity index (χ1n) is 2.70. The number of nitrogens with one attached hydrogen (secondary N) is 1. The first-order valence-corrected chi connectivity index (χ1v) is 4.29. The Kier molecular flexibility index (Phi) is 2.15. The van der Waals surface area contributed by atoms with Crippen LogP contribution in [0.1, 0.15) is 12.8 Å². The lowest BCUT2D eigenvalue weighted by atomic mass is 10.1. The highest BCUT2D eigenvalue weighted by atomic mass is 79.9. The van der Waals surface area contributed by atoms with Gasteiger partial charge in [-0.15, -0.1) is 0 Å². The molecule has 0 radical (unpaired) electrons. The van der Waals surface area contributed by atoms with E-state index in [-0.39, 0.29) is 11.8 Å². The predicted octanol–water partition coefficient (Wildman–Crippen LogP) is 0.909. The molecule has 3 nitrogen and oxygen atoms in total. The Hall–Kier alpha value is 0.1000. The van der Waals surface area contributed by atoms with Crippen molar-refractivity contribution in [3.63, 3.8) is 0 Å². The van der Waals surface area contributed by atoms with E-state index in [2.05, 4.69) is 37.2 Å². The van der Waals surface area contributed by atoms with Crippen LogP contribution in [-0.2, 0) is 9.59 Å². The molecule has 5 heteroatoms. The molecule has 10 heavy (non-hydrogen) atoms. The number of rotatable bonds is 0. The second kappa shape index (κ2) is 2.62. The maximum Gasteiger partial charge on any atom is 0.228 e. The molecule has 1 fully saturated rings. The molecule has 56 valence electrons. The monoisotopic (exact) mass is 269 g/mol. The third-order valence-electron chi connectivity index (χ3n) is 1.12. The van der Waals surface area contributed by atoms with Crippen LogP contribution >= 0.6 is 31.9 Å². The fourth-order valence-electron chi connectivity index (χ4n) is 0.776. The molecule has 1 rings (SSSR count). The largest absolute Gasteiger partial charge is 0.296 e. The van der Waals surface area contributed by atoms with Gasteiger partial charge in [-0.05, 0) is 0 Å². The van der Waals surface area contributed by atoms with Crippen LogP contribution in [0.5, 0.6) is 0 Å². The molecule has 0 atom stereocenters. The molecule has 0 aromatic heterocycles. The highest BCUT2D eigenvalue weighted by Gasteiger charge is 2.34. The van der Waals surface area contributed by atoms with Crippen molar-refractivity contribution in [2.75, 3.05) is 0 Å². The summed E-state index contributed by atoms with van der Waals surface area (Å²) in [6, 6.07) is 0. The Morgan fingerprint density at radius 1 is 1.20 bits per heavy atom. The zero-order chi connectivity index (χ0) is 7.78. The van der Waals surface area contributed by atoms with Crippen molar-refractivity contribution in [1.82, 2.24) is 5.32 Å². The highest BCUT2D eigenvalue weighted by molar-refractivity contribution is 9.25. The van der Waals surface area contributed by atoms with Crippen LogP contribution in [0.25, 0.3) is 0 Å². The van der Waals surface area contributed by atoms with Gasteiger partial charge in [0.15, 0.2) is 0 Å². The van der Waals surface area contributed by atoms with Crippen molar-refractivity contribution in [2.24, 2.45) is 0 Å². The summed E-state index contributed by atoms with van der Waals surface area (Å²) in [5.74, 6) is -0.491. The second-order valence-electron chi connectivity index (χ2n) is 2.18. The van der Waals surface area contributed by atoms with Crippen LogP contribution in [0.2, 0.25) is 0 Å². The number of amides is 2. The van der Waals surface area contributed by atoms with Crippen LogP contribution in [0, 0.1) is 0 Å². The van der Waals surface area contributed by atoms with Gasteiger partial charge in [-0.25, -0.2) is 0 Å². The number of hydrogen-bond acceptors (Lipinski definition) is 2. The van der Waals surface area contributed by atoms with Crippen LogP contribution in [-0.4, -0.2) is 15.0 Å². The van der Waals surface area contributed by atoms with E-state index in [0.29, 0.717) is 12.8 Å². The fraction of sp³-hybridized carbons (Fsp3) is 0.600. The van der Waals surface area contributed by atoms with Gasteiger partial charge in [0, 0.05) is 0 Å². The van der Waals surface area contributed by atoms with Crippen molar-refractivity contribution in [1.29, 1.82) is 0 Å². The summed E-state index contributed by atoms with van der Waals surface area (Å²) in [5.41, 5.74) is 0. The van der Waals surface area contributed by atoms with Gasteiger partial charge in [0.05, 0.1) is 16.1 Å². The summed E-state index contributed by atoms with van der Waals surface area (Å²) < 4.78 is -0.514. The Morgan fingerprint density at radius 3 is 1.90 bits per heavy atom. The quantitative estimate of drug-likeness (QED) is 0.525. The van der Waals surface area contributed by atoms with Gasteiger partial charge in [0.1, 0.15) is 0 Å². The van der Waals surface area contributed by atoms with E-state index < -0.39 is 3.23 Å². The molecular weight excluding hydrogens is 266 g/mol. The fourth-order valence-corrected chi connectivity index (χ4v) is 1.79. The Bertz CT molecular complexity index is 172. The van der Waals surface area contributed by atoms with Crippen LogP contribution in [0.15, 0.2) is 0 Å². The molecule has 1 saturated heterocycles. The van der Waals surface area contributed by atoms with E-state index in [1.54, 1.807) is 0 Å². The van der Waals surface area contributed by atoms with E-state index in [4.69, 9.17) is 0 Å². The molecule has 0 aliphatic carbocycles. The lowest BCUT2D eigenvalue weighted by Gasteiger charge is -2.23. The van der Waals surface area contributed by atoms with Gasteiger partial charge in [-0.3, -0.25) is 14.9 Å². The van der Waals surface area contributed by atoms with E-state index in [9.17, 15) is 9.59 Å². The van der Waals surface area contributed by atoms with Crippen molar-refractivity contribution >= 4 is 43.7 Å². The molecule has 1 aliphatic heterocycles. The molecule has 1 heterocycles. The molecule has 2 amide bonds. The van der Waals surface area contributed by atoms with Gasteiger partial charge >= 0.3 is 0 Å². The Balaban J connectivity index is 2.68. The average Bonchev–Trinajstić information content (AvgIpc) is 1.54. The first-order chi connectivity index (χ1) is 4.49. The van der Waals surface area contributed by atoms with E-state index in [0.717, 1.165) is 0 Å². The normalized spacial score (nSPS) is 24.2.